The molecule has 1 aromatic carbocycles. The second-order valence-corrected chi connectivity index (χ2v) is 7.86. The molecular weight excluding hydrogens is 334 g/mol. The number of nitrogens with one attached hydrogen (secondary N) is 1. The van der Waals surface area contributed by atoms with Gasteiger partial charge in [0.15, 0.2) is 0 Å². The fraction of sp³-hybridized carbons (Fsp3) is 0.474. The Morgan fingerprint density at radius 1 is 1.32 bits per heavy atom. The molecule has 1 spiro atoms. The first kappa shape index (κ1) is 16.5. The van der Waals surface area contributed by atoms with Crippen LogP contribution in [0.3, 0.4) is 0 Å². The average molecular weight is 357 g/mol. The van der Waals surface area contributed by atoms with Crippen molar-refractivity contribution >= 4 is 17.2 Å². The highest BCUT2D eigenvalue weighted by Crippen LogP contribution is 2.38. The number of aromatic nitrogens is 1. The van der Waals surface area contributed by atoms with Gasteiger partial charge >= 0.3 is 0 Å². The third-order valence-electron chi connectivity index (χ3n) is 5.34. The molecular formula is C19H23N3O2S. The van der Waals surface area contributed by atoms with Crippen molar-refractivity contribution in [1.29, 1.82) is 0 Å². The number of likely N-dealkylation sites (tertiary alicyclic amines) is 1. The van der Waals surface area contributed by atoms with Crippen LogP contribution in [0.1, 0.15) is 30.6 Å². The lowest BCUT2D eigenvalue weighted by Crippen LogP contribution is -2.58. The molecule has 1 N–H and O–H groups in total. The van der Waals surface area contributed by atoms with E-state index in [1.807, 2.05) is 30.5 Å². The van der Waals surface area contributed by atoms with Gasteiger partial charge in [0.25, 0.3) is 0 Å². The number of hydrogen-bond acceptors (Lipinski definition) is 5. The number of amides is 1. The highest BCUT2D eigenvalue weighted by molar-refractivity contribution is 7.15. The Bertz CT molecular complexity index is 776. The highest BCUT2D eigenvalue weighted by atomic mass is 32.1. The maximum Gasteiger partial charge on any atom is 0.240 e. The summed E-state index contributed by atoms with van der Waals surface area (Å²) in [5.74, 6) is 1.05. The van der Waals surface area contributed by atoms with Crippen LogP contribution in [-0.4, -0.2) is 41.5 Å². The molecule has 4 rings (SSSR count). The van der Waals surface area contributed by atoms with Crippen LogP contribution in [0.25, 0.3) is 10.6 Å². The van der Waals surface area contributed by atoms with Gasteiger partial charge in [0.2, 0.25) is 5.91 Å². The molecule has 1 unspecified atom stereocenters. The van der Waals surface area contributed by atoms with Gasteiger partial charge in [-0.2, -0.15) is 0 Å². The summed E-state index contributed by atoms with van der Waals surface area (Å²) in [7, 11) is 1.68. The van der Waals surface area contributed by atoms with Crippen LogP contribution in [0, 0.1) is 0 Å². The molecule has 6 heteroatoms. The van der Waals surface area contributed by atoms with Gasteiger partial charge < -0.3 is 10.1 Å². The van der Waals surface area contributed by atoms with E-state index in [2.05, 4.69) is 15.2 Å². The monoisotopic (exact) mass is 357 g/mol. The zero-order valence-corrected chi connectivity index (χ0v) is 15.3. The predicted molar refractivity (Wildman–Crippen MR) is 98.7 cm³/mol. The number of rotatable bonds is 4. The number of ether oxygens (including phenoxy) is 1. The smallest absolute Gasteiger partial charge is 0.240 e. The number of nitrogens with zero attached hydrogens (tertiary/aromatic N) is 2. The lowest BCUT2D eigenvalue weighted by molar-refractivity contribution is -0.134. The topological polar surface area (TPSA) is 54.5 Å². The van der Waals surface area contributed by atoms with Gasteiger partial charge in [-0.1, -0.05) is 12.1 Å². The number of carbonyl (C=O) groups is 1. The standard InChI is InChI=1S/C19H23N3O2S/c1-24-16-7-3-2-6-15(16)17-21-12-14(25-17)13-22-11-5-9-19(22)8-4-10-20-18(19)23/h2-3,6-7,12H,4-5,8-11,13H2,1H3,(H,20,23). The Hall–Kier alpha value is -1.92. The van der Waals surface area contributed by atoms with E-state index in [0.29, 0.717) is 0 Å². The Balaban J connectivity index is 1.56. The molecule has 2 aliphatic heterocycles. The highest BCUT2D eigenvalue weighted by Gasteiger charge is 2.48. The maximum absolute atomic E-state index is 12.5. The summed E-state index contributed by atoms with van der Waals surface area (Å²) >= 11 is 1.69. The van der Waals surface area contributed by atoms with Gasteiger partial charge in [0.1, 0.15) is 16.3 Å². The molecule has 0 aliphatic carbocycles. The molecule has 5 nitrogen and oxygen atoms in total. The predicted octanol–water partition coefficient (Wildman–Crippen LogP) is 3.06. The summed E-state index contributed by atoms with van der Waals surface area (Å²) in [6, 6.07) is 7.96. The maximum atomic E-state index is 12.5. The number of thiazole rings is 1. The Morgan fingerprint density at radius 3 is 3.00 bits per heavy atom. The van der Waals surface area contributed by atoms with E-state index < -0.39 is 0 Å². The first-order valence-corrected chi connectivity index (χ1v) is 9.66. The number of benzene rings is 1. The number of methoxy groups -OCH3 is 1. The molecule has 3 heterocycles. The second-order valence-electron chi connectivity index (χ2n) is 6.75. The molecule has 1 amide bonds. The van der Waals surface area contributed by atoms with Crippen molar-refractivity contribution in [2.24, 2.45) is 0 Å². The van der Waals surface area contributed by atoms with Crippen LogP contribution < -0.4 is 10.1 Å². The van der Waals surface area contributed by atoms with E-state index in [9.17, 15) is 4.79 Å². The van der Waals surface area contributed by atoms with Crippen molar-refractivity contribution in [3.63, 3.8) is 0 Å². The first-order valence-electron chi connectivity index (χ1n) is 8.84. The van der Waals surface area contributed by atoms with Crippen LogP contribution in [0.2, 0.25) is 0 Å². The molecule has 25 heavy (non-hydrogen) atoms. The van der Waals surface area contributed by atoms with Gasteiger partial charge in [-0.25, -0.2) is 4.98 Å². The Morgan fingerprint density at radius 2 is 2.16 bits per heavy atom. The van der Waals surface area contributed by atoms with Crippen molar-refractivity contribution in [2.45, 2.75) is 37.8 Å². The SMILES string of the molecule is COc1ccccc1-c1ncc(CN2CCCC23CCCNC3=O)s1. The fourth-order valence-electron chi connectivity index (χ4n) is 4.08. The normalized spacial score (nSPS) is 23.8. The summed E-state index contributed by atoms with van der Waals surface area (Å²) in [6.45, 7) is 2.59. The minimum Gasteiger partial charge on any atom is -0.496 e. The van der Waals surface area contributed by atoms with E-state index in [0.717, 1.165) is 61.6 Å². The van der Waals surface area contributed by atoms with Gasteiger partial charge in [-0.15, -0.1) is 11.3 Å². The molecule has 2 saturated heterocycles. The van der Waals surface area contributed by atoms with E-state index in [4.69, 9.17) is 4.74 Å². The van der Waals surface area contributed by atoms with Crippen molar-refractivity contribution in [3.05, 3.63) is 35.3 Å². The van der Waals surface area contributed by atoms with Crippen molar-refractivity contribution < 1.29 is 9.53 Å². The van der Waals surface area contributed by atoms with E-state index >= 15 is 0 Å². The number of piperidine rings is 1. The molecule has 0 saturated carbocycles. The van der Waals surface area contributed by atoms with Gasteiger partial charge in [-0.05, 0) is 44.4 Å². The van der Waals surface area contributed by atoms with Gasteiger partial charge in [0.05, 0.1) is 12.7 Å². The zero-order chi connectivity index (χ0) is 17.3. The Kier molecular flexibility index (Phi) is 4.48. The number of hydrogen-bond donors (Lipinski definition) is 1. The van der Waals surface area contributed by atoms with E-state index in [1.165, 1.54) is 4.88 Å². The van der Waals surface area contributed by atoms with Crippen molar-refractivity contribution in [2.75, 3.05) is 20.2 Å². The van der Waals surface area contributed by atoms with E-state index in [1.54, 1.807) is 18.4 Å². The van der Waals surface area contributed by atoms with E-state index in [-0.39, 0.29) is 11.4 Å². The lowest BCUT2D eigenvalue weighted by Gasteiger charge is -2.39. The summed E-state index contributed by atoms with van der Waals surface area (Å²) in [6.07, 6.45) is 6.04. The molecule has 2 aromatic rings. The fourth-order valence-corrected chi connectivity index (χ4v) is 5.04. The van der Waals surface area contributed by atoms with Gasteiger partial charge in [0, 0.05) is 24.2 Å². The van der Waals surface area contributed by atoms with Gasteiger partial charge in [-0.3, -0.25) is 9.69 Å². The number of para-hydroxylation sites is 1. The van der Waals surface area contributed by atoms with Crippen LogP contribution in [0.4, 0.5) is 0 Å². The van der Waals surface area contributed by atoms with Crippen LogP contribution in [-0.2, 0) is 11.3 Å². The molecule has 1 atom stereocenters. The summed E-state index contributed by atoms with van der Waals surface area (Å²) < 4.78 is 5.45. The molecule has 0 bridgehead atoms. The first-order chi connectivity index (χ1) is 12.2. The summed E-state index contributed by atoms with van der Waals surface area (Å²) in [5.41, 5.74) is 0.722. The largest absolute Gasteiger partial charge is 0.496 e. The average Bonchev–Trinajstić information content (AvgIpc) is 3.26. The number of carbonyl (C=O) groups excluding carboxylic acids is 1. The van der Waals surface area contributed by atoms with Crippen LogP contribution in [0.5, 0.6) is 5.75 Å². The second kappa shape index (κ2) is 6.77. The molecule has 1 aromatic heterocycles. The summed E-state index contributed by atoms with van der Waals surface area (Å²) in [5, 5.41) is 4.03. The third-order valence-corrected chi connectivity index (χ3v) is 6.35. The summed E-state index contributed by atoms with van der Waals surface area (Å²) in [4.78, 5) is 20.7. The lowest BCUT2D eigenvalue weighted by atomic mass is 9.86. The van der Waals surface area contributed by atoms with Crippen LogP contribution >= 0.6 is 11.3 Å². The molecule has 2 aliphatic rings. The molecule has 132 valence electrons. The molecule has 2 fully saturated rings. The van der Waals surface area contributed by atoms with Crippen molar-refractivity contribution in [1.82, 2.24) is 15.2 Å². The minimum absolute atomic E-state index is 0.214. The Labute approximate surface area is 152 Å². The minimum atomic E-state index is -0.299. The molecule has 0 radical (unpaired) electrons. The third kappa shape index (κ3) is 2.93. The quantitative estimate of drug-likeness (QED) is 0.914. The van der Waals surface area contributed by atoms with Crippen LogP contribution in [0.15, 0.2) is 30.5 Å². The van der Waals surface area contributed by atoms with Crippen molar-refractivity contribution in [3.8, 4) is 16.3 Å². The zero-order valence-electron chi connectivity index (χ0n) is 14.5.